The van der Waals surface area contributed by atoms with E-state index >= 15 is 0 Å². The summed E-state index contributed by atoms with van der Waals surface area (Å²) in [4.78, 5) is 19.5. The van der Waals surface area contributed by atoms with Crippen molar-refractivity contribution in [2.75, 3.05) is 27.4 Å². The van der Waals surface area contributed by atoms with Gasteiger partial charge >= 0.3 is 0 Å². The highest BCUT2D eigenvalue weighted by atomic mass is 16.5. The van der Waals surface area contributed by atoms with Crippen molar-refractivity contribution in [3.8, 4) is 22.6 Å². The first kappa shape index (κ1) is 38.0. The summed E-state index contributed by atoms with van der Waals surface area (Å²) in [6, 6.07) is 21.6. The average molecular weight is 576 g/mol. The zero-order valence-electron chi connectivity index (χ0n) is 26.1. The molecule has 0 aromatic heterocycles. The number of hydrogen-bond acceptors (Lipinski definition) is 6. The van der Waals surface area contributed by atoms with E-state index in [9.17, 15) is 4.79 Å². The molecule has 0 atom stereocenters. The second-order valence-electron chi connectivity index (χ2n) is 8.86. The Morgan fingerprint density at radius 2 is 1.40 bits per heavy atom. The van der Waals surface area contributed by atoms with Gasteiger partial charge in [0.2, 0.25) is 0 Å². The van der Waals surface area contributed by atoms with Gasteiger partial charge in [0.25, 0.3) is 0 Å². The van der Waals surface area contributed by atoms with Crippen molar-refractivity contribution in [3.63, 3.8) is 0 Å². The molecule has 3 rings (SSSR count). The Morgan fingerprint density at radius 1 is 0.810 bits per heavy atom. The van der Waals surface area contributed by atoms with Crippen LogP contribution in [0.15, 0.2) is 79.4 Å². The molecule has 0 aliphatic heterocycles. The predicted molar refractivity (Wildman–Crippen MR) is 176 cm³/mol. The van der Waals surface area contributed by atoms with Crippen LogP contribution in [-0.4, -0.2) is 46.2 Å². The largest absolute Gasteiger partial charge is 0.497 e. The highest BCUT2D eigenvalue weighted by Crippen LogP contribution is 2.27. The first-order chi connectivity index (χ1) is 20.6. The summed E-state index contributed by atoms with van der Waals surface area (Å²) in [6.07, 6.45) is 10.8. The molecule has 6 heteroatoms. The number of methoxy groups -OCH3 is 2. The summed E-state index contributed by atoms with van der Waals surface area (Å²) in [5, 5.41) is 7.53. The minimum atomic E-state index is 0.639. The molecule has 3 aromatic carbocycles. The first-order valence-electron chi connectivity index (χ1n) is 14.6. The Labute approximate surface area is 253 Å². The van der Waals surface area contributed by atoms with Crippen LogP contribution in [-0.2, 0) is 16.0 Å². The zero-order chi connectivity index (χ0) is 31.4. The quantitative estimate of drug-likeness (QED) is 0.0847. The highest BCUT2D eigenvalue weighted by molar-refractivity contribution is 5.89. The number of carbonyl (C=O) groups excluding carboxylic acids is 2. The van der Waals surface area contributed by atoms with Gasteiger partial charge < -0.3 is 19.6 Å². The molecule has 0 radical (unpaired) electrons. The highest BCUT2D eigenvalue weighted by Gasteiger charge is 2.05. The number of unbranched alkanes of at least 4 members (excludes halogenated alkanes) is 3. The van der Waals surface area contributed by atoms with Crippen LogP contribution in [0.25, 0.3) is 11.1 Å². The van der Waals surface area contributed by atoms with Gasteiger partial charge in [0.05, 0.1) is 13.7 Å². The lowest BCUT2D eigenvalue weighted by Crippen LogP contribution is -1.98. The van der Waals surface area contributed by atoms with E-state index in [4.69, 9.17) is 24.4 Å². The van der Waals surface area contributed by atoms with Gasteiger partial charge in [-0.05, 0) is 84.8 Å². The van der Waals surface area contributed by atoms with Crippen molar-refractivity contribution < 1.29 is 23.8 Å². The standard InChI is InChI=1S/C17H19NO.C14H20O3.C3H4O.C2H6/c1-3-4-13-5-7-14(8-6-13)17-10-9-16(19-2)11-15(17)12-18;1-16-10-4-2-3-5-11-17-14-8-6-13(12-15)7-9-14;1-2-3-4;1-2/h5-12,18H,3-4H2,1-2H3;6-9,12H,2-5,10-11H2,1H3;2-3H,1H2;1-2H3. The summed E-state index contributed by atoms with van der Waals surface area (Å²) in [7, 11) is 3.37. The number of allylic oxidation sites excluding steroid dienone is 1. The summed E-state index contributed by atoms with van der Waals surface area (Å²) in [6.45, 7) is 10.9. The van der Waals surface area contributed by atoms with E-state index in [1.165, 1.54) is 24.3 Å². The molecule has 0 unspecified atom stereocenters. The minimum absolute atomic E-state index is 0.639. The Hall–Kier alpha value is -4.03. The van der Waals surface area contributed by atoms with Gasteiger partial charge in [-0.1, -0.05) is 70.5 Å². The number of hydrogen-bond donors (Lipinski definition) is 1. The van der Waals surface area contributed by atoms with E-state index < -0.39 is 0 Å². The lowest BCUT2D eigenvalue weighted by atomic mass is 9.98. The molecule has 6 nitrogen and oxygen atoms in total. The molecule has 0 saturated carbocycles. The van der Waals surface area contributed by atoms with Crippen LogP contribution in [0.3, 0.4) is 0 Å². The van der Waals surface area contributed by atoms with E-state index in [0.29, 0.717) is 11.8 Å². The van der Waals surface area contributed by atoms with E-state index in [1.807, 2.05) is 44.2 Å². The fraction of sp³-hybridized carbons (Fsp3) is 0.361. The number of rotatable bonds is 15. The van der Waals surface area contributed by atoms with Crippen molar-refractivity contribution >= 4 is 18.8 Å². The predicted octanol–water partition coefficient (Wildman–Crippen LogP) is 8.79. The van der Waals surface area contributed by atoms with Crippen molar-refractivity contribution in [2.24, 2.45) is 0 Å². The molecular weight excluding hydrogens is 526 g/mol. The molecule has 0 fully saturated rings. The lowest BCUT2D eigenvalue weighted by Gasteiger charge is -2.09. The van der Waals surface area contributed by atoms with Gasteiger partial charge in [0, 0.05) is 31.1 Å². The fourth-order valence-corrected chi connectivity index (χ4v) is 3.72. The van der Waals surface area contributed by atoms with Gasteiger partial charge in [-0.15, -0.1) is 0 Å². The number of aldehydes is 2. The Bertz CT molecular complexity index is 1120. The van der Waals surface area contributed by atoms with E-state index in [2.05, 4.69) is 37.8 Å². The molecule has 0 spiro atoms. The van der Waals surface area contributed by atoms with E-state index in [-0.39, 0.29) is 0 Å². The summed E-state index contributed by atoms with van der Waals surface area (Å²) >= 11 is 0. The first-order valence-corrected chi connectivity index (χ1v) is 14.6. The average Bonchev–Trinajstić information content (AvgIpc) is 3.06. The molecule has 3 aromatic rings. The van der Waals surface area contributed by atoms with Crippen molar-refractivity contribution in [3.05, 3.63) is 96.1 Å². The number of benzene rings is 3. The van der Waals surface area contributed by atoms with Crippen LogP contribution in [0, 0.1) is 5.41 Å². The second kappa shape index (κ2) is 25.9. The normalized spacial score (nSPS) is 9.36. The topological polar surface area (TPSA) is 85.7 Å². The van der Waals surface area contributed by atoms with E-state index in [1.54, 1.807) is 26.4 Å². The van der Waals surface area contributed by atoms with Crippen molar-refractivity contribution in [1.82, 2.24) is 0 Å². The summed E-state index contributed by atoms with van der Waals surface area (Å²) in [5.74, 6) is 1.61. The van der Waals surface area contributed by atoms with Crippen LogP contribution in [0.1, 0.15) is 74.4 Å². The maximum Gasteiger partial charge on any atom is 0.150 e. The van der Waals surface area contributed by atoms with Crippen LogP contribution in [0.4, 0.5) is 0 Å². The molecule has 42 heavy (non-hydrogen) atoms. The van der Waals surface area contributed by atoms with Gasteiger partial charge in [0.15, 0.2) is 0 Å². The number of ether oxygens (including phenoxy) is 3. The molecule has 0 bridgehead atoms. The van der Waals surface area contributed by atoms with Crippen molar-refractivity contribution in [2.45, 2.75) is 59.3 Å². The fourth-order valence-electron chi connectivity index (χ4n) is 3.72. The van der Waals surface area contributed by atoms with Gasteiger partial charge in [-0.25, -0.2) is 0 Å². The third kappa shape index (κ3) is 16.3. The third-order valence-corrected chi connectivity index (χ3v) is 5.84. The van der Waals surface area contributed by atoms with Gasteiger partial charge in [-0.2, -0.15) is 0 Å². The Kier molecular flexibility index (Phi) is 23.4. The summed E-state index contributed by atoms with van der Waals surface area (Å²) in [5.41, 5.74) is 5.12. The molecule has 228 valence electrons. The molecule has 0 heterocycles. The zero-order valence-corrected chi connectivity index (χ0v) is 26.1. The molecule has 0 aliphatic rings. The molecule has 1 N–H and O–H groups in total. The third-order valence-electron chi connectivity index (χ3n) is 5.84. The van der Waals surface area contributed by atoms with Crippen LogP contribution in [0.5, 0.6) is 11.5 Å². The summed E-state index contributed by atoms with van der Waals surface area (Å²) < 4.78 is 15.7. The van der Waals surface area contributed by atoms with Crippen LogP contribution < -0.4 is 9.47 Å². The SMILES string of the molecule is C=CC=O.CC.CCCc1ccc(-c2ccc(OC)cc2C=N)cc1.COCCCCCCOc1ccc(C=O)cc1. The number of carbonyl (C=O) groups is 2. The maximum absolute atomic E-state index is 10.5. The molecular formula is C36H49NO5. The van der Waals surface area contributed by atoms with Crippen molar-refractivity contribution in [1.29, 1.82) is 5.41 Å². The lowest BCUT2D eigenvalue weighted by molar-refractivity contribution is -0.104. The molecule has 0 amide bonds. The number of aryl methyl sites for hydroxylation is 1. The Balaban J connectivity index is 0.000000678. The molecule has 0 aliphatic carbocycles. The van der Waals surface area contributed by atoms with Gasteiger partial charge in [-0.3, -0.25) is 9.59 Å². The molecule has 0 saturated heterocycles. The van der Waals surface area contributed by atoms with Crippen LogP contribution in [0.2, 0.25) is 0 Å². The maximum atomic E-state index is 10.5. The second-order valence-corrected chi connectivity index (χ2v) is 8.86. The minimum Gasteiger partial charge on any atom is -0.497 e. The Morgan fingerprint density at radius 3 is 1.90 bits per heavy atom. The van der Waals surface area contributed by atoms with Gasteiger partial charge in [0.1, 0.15) is 24.1 Å². The van der Waals surface area contributed by atoms with E-state index in [0.717, 1.165) is 79.8 Å². The smallest absolute Gasteiger partial charge is 0.150 e. The monoisotopic (exact) mass is 575 g/mol. The van der Waals surface area contributed by atoms with Crippen LogP contribution >= 0.6 is 0 Å². The number of nitrogens with one attached hydrogen (secondary N) is 1.